The van der Waals surface area contributed by atoms with E-state index in [9.17, 15) is 20.1 Å². The molecule has 0 spiro atoms. The van der Waals surface area contributed by atoms with E-state index in [1.165, 1.54) is 11.1 Å². The minimum atomic E-state index is -0.363. The second-order valence-corrected chi connectivity index (χ2v) is 14.0. The molecule has 4 heteroatoms. The highest BCUT2D eigenvalue weighted by atomic mass is 16.3. The van der Waals surface area contributed by atoms with Gasteiger partial charge in [0, 0.05) is 17.9 Å². The summed E-state index contributed by atoms with van der Waals surface area (Å²) in [5, 5.41) is 30.0. The average molecular weight is 601 g/mol. The molecule has 0 radical (unpaired) electrons. The molecule has 0 aliphatic heterocycles. The Balaban J connectivity index is 1.94. The van der Waals surface area contributed by atoms with E-state index in [4.69, 9.17) is 0 Å². The van der Waals surface area contributed by atoms with Gasteiger partial charge in [-0.3, -0.25) is 4.79 Å². The fraction of sp³-hybridized carbons (Fsp3) is 0.475. The van der Waals surface area contributed by atoms with Crippen LogP contribution in [0.1, 0.15) is 88.0 Å². The molecule has 0 fully saturated rings. The lowest BCUT2D eigenvalue weighted by Crippen LogP contribution is -2.32. The van der Waals surface area contributed by atoms with E-state index in [2.05, 4.69) is 84.9 Å². The molecular formula is C40H56O4. The summed E-state index contributed by atoms with van der Waals surface area (Å²) in [5.41, 5.74) is 6.91. The molecule has 0 amide bonds. The van der Waals surface area contributed by atoms with Crippen LogP contribution in [0.4, 0.5) is 0 Å². The van der Waals surface area contributed by atoms with Crippen LogP contribution >= 0.6 is 0 Å². The average Bonchev–Trinajstić information content (AvgIpc) is 2.89. The highest BCUT2D eigenvalue weighted by molar-refractivity contribution is 5.97. The smallest absolute Gasteiger partial charge is 0.165 e. The molecule has 0 bridgehead atoms. The van der Waals surface area contributed by atoms with Crippen molar-refractivity contribution in [2.75, 3.05) is 6.61 Å². The third-order valence-electron chi connectivity index (χ3n) is 8.76. The number of rotatable bonds is 12. The van der Waals surface area contributed by atoms with Crippen molar-refractivity contribution in [2.45, 2.75) is 100 Å². The second-order valence-electron chi connectivity index (χ2n) is 14.0. The van der Waals surface area contributed by atoms with E-state index in [1.54, 1.807) is 6.08 Å². The first-order valence-electron chi connectivity index (χ1n) is 15.9. The van der Waals surface area contributed by atoms with Crippen molar-refractivity contribution >= 4 is 5.78 Å². The molecule has 2 aliphatic rings. The Labute approximate surface area is 267 Å². The number of hydrogen-bond acceptors (Lipinski definition) is 4. The van der Waals surface area contributed by atoms with Crippen LogP contribution in [0.25, 0.3) is 0 Å². The molecule has 4 nitrogen and oxygen atoms in total. The van der Waals surface area contributed by atoms with E-state index in [1.807, 2.05) is 50.3 Å². The standard InChI is InChI=1S/C40H56O4/c1-28(16-12-17-30(3)20-21-36-31(4)22-34(42)25-39(36,6)7)14-10-11-15-29(2)18-13-19-33(27-41)38(44)24-37-32(5)23-35(43)26-40(37,8)9/h10-22,34-36,41-43H,23-27H2,1-9H3/b11-10+,16-12+,18-13+,21-20+,28-14+,29-15+,30-17+,33-19+/t34-,35-,36+/m1/s1. The highest BCUT2D eigenvalue weighted by Crippen LogP contribution is 2.43. The van der Waals surface area contributed by atoms with Gasteiger partial charge in [0.25, 0.3) is 0 Å². The zero-order chi connectivity index (χ0) is 33.1. The van der Waals surface area contributed by atoms with E-state index in [0.29, 0.717) is 24.3 Å². The molecule has 240 valence electrons. The maximum Gasteiger partial charge on any atom is 0.165 e. The van der Waals surface area contributed by atoms with Crippen LogP contribution in [0, 0.1) is 16.7 Å². The van der Waals surface area contributed by atoms with Gasteiger partial charge >= 0.3 is 0 Å². The molecule has 0 aromatic heterocycles. The Morgan fingerprint density at radius 3 is 1.93 bits per heavy atom. The normalized spacial score (nSPS) is 25.6. The van der Waals surface area contributed by atoms with Crippen molar-refractivity contribution in [3.63, 3.8) is 0 Å². The van der Waals surface area contributed by atoms with Crippen LogP contribution in [0.3, 0.4) is 0 Å². The maximum atomic E-state index is 13.0. The van der Waals surface area contributed by atoms with Crippen molar-refractivity contribution < 1.29 is 20.1 Å². The van der Waals surface area contributed by atoms with Gasteiger partial charge in [0.15, 0.2) is 5.78 Å². The van der Waals surface area contributed by atoms with Crippen molar-refractivity contribution in [1.29, 1.82) is 0 Å². The summed E-state index contributed by atoms with van der Waals surface area (Å²) in [6, 6.07) is 0. The molecule has 3 atom stereocenters. The molecule has 0 heterocycles. The van der Waals surface area contributed by atoms with Crippen molar-refractivity contribution in [3.8, 4) is 0 Å². The molecule has 3 N–H and O–H groups in total. The number of hydrogen-bond donors (Lipinski definition) is 3. The van der Waals surface area contributed by atoms with E-state index in [-0.39, 0.29) is 41.8 Å². The lowest BCUT2D eigenvalue weighted by Gasteiger charge is -2.38. The number of allylic oxidation sites excluding steroid dienone is 17. The van der Waals surface area contributed by atoms with Gasteiger partial charge in [-0.15, -0.1) is 0 Å². The van der Waals surface area contributed by atoms with Crippen molar-refractivity contribution in [3.05, 3.63) is 118 Å². The molecule has 0 aromatic carbocycles. The van der Waals surface area contributed by atoms with Crippen LogP contribution in [0.15, 0.2) is 118 Å². The molecule has 2 rings (SSSR count). The molecule has 2 aliphatic carbocycles. The van der Waals surface area contributed by atoms with E-state index >= 15 is 0 Å². The molecule has 44 heavy (non-hydrogen) atoms. The van der Waals surface area contributed by atoms with Gasteiger partial charge in [-0.25, -0.2) is 0 Å². The minimum absolute atomic E-state index is 0.0349. The van der Waals surface area contributed by atoms with Gasteiger partial charge in [-0.05, 0) is 64.7 Å². The summed E-state index contributed by atoms with van der Waals surface area (Å²) >= 11 is 0. The summed E-state index contributed by atoms with van der Waals surface area (Å²) in [5.74, 6) is 0.248. The van der Waals surface area contributed by atoms with Gasteiger partial charge in [0.05, 0.1) is 18.8 Å². The predicted molar refractivity (Wildman–Crippen MR) is 186 cm³/mol. The Hall–Kier alpha value is -3.05. The molecule has 0 saturated heterocycles. The number of aliphatic hydroxyl groups excluding tert-OH is 3. The van der Waals surface area contributed by atoms with Gasteiger partial charge in [-0.2, -0.15) is 0 Å². The Morgan fingerprint density at radius 1 is 0.841 bits per heavy atom. The van der Waals surface area contributed by atoms with Crippen LogP contribution < -0.4 is 0 Å². The van der Waals surface area contributed by atoms with Crippen LogP contribution in [0.5, 0.6) is 0 Å². The maximum absolute atomic E-state index is 13.0. The topological polar surface area (TPSA) is 77.8 Å². The predicted octanol–water partition coefficient (Wildman–Crippen LogP) is 8.78. The molecular weight excluding hydrogens is 544 g/mol. The third kappa shape index (κ3) is 11.8. The lowest BCUT2D eigenvalue weighted by molar-refractivity contribution is -0.115. The zero-order valence-electron chi connectivity index (χ0n) is 28.5. The number of ketones is 1. The lowest BCUT2D eigenvalue weighted by atomic mass is 9.67. The summed E-state index contributed by atoms with van der Waals surface area (Å²) < 4.78 is 0. The monoisotopic (exact) mass is 600 g/mol. The second kappa shape index (κ2) is 16.9. The van der Waals surface area contributed by atoms with Gasteiger partial charge in [0.1, 0.15) is 0 Å². The molecule has 0 unspecified atom stereocenters. The number of aliphatic hydroxyl groups is 3. The Morgan fingerprint density at radius 2 is 1.39 bits per heavy atom. The third-order valence-corrected chi connectivity index (χ3v) is 8.76. The largest absolute Gasteiger partial charge is 0.393 e. The van der Waals surface area contributed by atoms with Gasteiger partial charge in [0.2, 0.25) is 0 Å². The Bertz CT molecular complexity index is 1330. The van der Waals surface area contributed by atoms with E-state index < -0.39 is 0 Å². The minimum Gasteiger partial charge on any atom is -0.393 e. The summed E-state index contributed by atoms with van der Waals surface area (Å²) in [6.07, 6.45) is 27.7. The fourth-order valence-electron chi connectivity index (χ4n) is 6.39. The zero-order valence-corrected chi connectivity index (χ0v) is 28.5. The fourth-order valence-corrected chi connectivity index (χ4v) is 6.39. The first-order chi connectivity index (χ1) is 20.6. The Kier molecular flexibility index (Phi) is 14.2. The molecule has 0 saturated carbocycles. The summed E-state index contributed by atoms with van der Waals surface area (Å²) in [4.78, 5) is 13.0. The van der Waals surface area contributed by atoms with Crippen LogP contribution in [-0.2, 0) is 4.79 Å². The SMILES string of the molecule is CC1=C[C@@H](O)CC(C)(C)[C@H]1/C=C/C(C)=C/C=C/C(C)=C/C=C/C=C(C)/C=C/C=C(\CO)C(=O)CC1=C(C)C[C@@H](O)CC1(C)C. The van der Waals surface area contributed by atoms with Gasteiger partial charge in [-0.1, -0.05) is 140 Å². The number of Topliss-reactive ketones (excluding diaryl/α,β-unsaturated/α-hetero) is 1. The van der Waals surface area contributed by atoms with Crippen molar-refractivity contribution in [2.24, 2.45) is 16.7 Å². The van der Waals surface area contributed by atoms with Crippen LogP contribution in [0.2, 0.25) is 0 Å². The summed E-state index contributed by atoms with van der Waals surface area (Å²) in [6.45, 7) is 18.5. The summed E-state index contributed by atoms with van der Waals surface area (Å²) in [7, 11) is 0. The first-order valence-corrected chi connectivity index (χ1v) is 15.9. The first kappa shape index (κ1) is 37.1. The number of carbonyl (C=O) groups excluding carboxylic acids is 1. The highest BCUT2D eigenvalue weighted by Gasteiger charge is 2.35. The molecule has 0 aromatic rings. The quantitative estimate of drug-likeness (QED) is 0.119. The van der Waals surface area contributed by atoms with Crippen LogP contribution in [-0.4, -0.2) is 39.9 Å². The van der Waals surface area contributed by atoms with Gasteiger partial charge < -0.3 is 15.3 Å². The van der Waals surface area contributed by atoms with E-state index in [0.717, 1.165) is 28.7 Å². The number of carbonyl (C=O) groups is 1. The van der Waals surface area contributed by atoms with Crippen molar-refractivity contribution in [1.82, 2.24) is 0 Å².